The lowest BCUT2D eigenvalue weighted by atomic mass is 10.1. The molecule has 1 aromatic heterocycles. The summed E-state index contributed by atoms with van der Waals surface area (Å²) in [5, 5.41) is 7.43. The quantitative estimate of drug-likeness (QED) is 0.656. The molecule has 1 aliphatic heterocycles. The minimum Gasteiger partial charge on any atom is -0.465 e. The Hall–Kier alpha value is -1.36. The molecule has 1 unspecified atom stereocenters. The predicted molar refractivity (Wildman–Crippen MR) is 50.0 cm³/mol. The molecule has 0 aliphatic carbocycles. The summed E-state index contributed by atoms with van der Waals surface area (Å²) in [6.45, 7) is 3.70. The first-order valence-corrected chi connectivity index (χ1v) is 4.61. The minimum atomic E-state index is -0.318. The van der Waals surface area contributed by atoms with E-state index >= 15 is 0 Å². The van der Waals surface area contributed by atoms with Crippen LogP contribution in [-0.4, -0.2) is 29.4 Å². The normalized spacial score (nSPS) is 20.3. The Labute approximate surface area is 82.0 Å². The summed E-state index contributed by atoms with van der Waals surface area (Å²) in [6.07, 6.45) is 1.57. The van der Waals surface area contributed by atoms with Gasteiger partial charge in [0.05, 0.1) is 25.5 Å². The summed E-state index contributed by atoms with van der Waals surface area (Å²) in [7, 11) is 1.38. The highest BCUT2D eigenvalue weighted by molar-refractivity contribution is 5.90. The molecule has 0 bridgehead atoms. The molecule has 1 aliphatic rings. The average Bonchev–Trinajstić information content (AvgIpc) is 2.62. The lowest BCUT2D eigenvalue weighted by Crippen LogP contribution is -2.33. The molecule has 76 valence electrons. The maximum Gasteiger partial charge on any atom is 0.341 e. The summed E-state index contributed by atoms with van der Waals surface area (Å²) in [4.78, 5) is 11.4. The summed E-state index contributed by atoms with van der Waals surface area (Å²) >= 11 is 0. The largest absolute Gasteiger partial charge is 0.465 e. The smallest absolute Gasteiger partial charge is 0.341 e. The molecule has 0 amide bonds. The van der Waals surface area contributed by atoms with E-state index in [4.69, 9.17) is 0 Å². The Balaban J connectivity index is 2.43. The highest BCUT2D eigenvalue weighted by Gasteiger charge is 2.24. The first kappa shape index (κ1) is 9.21. The van der Waals surface area contributed by atoms with Crippen LogP contribution in [0, 0.1) is 0 Å². The van der Waals surface area contributed by atoms with Crippen molar-refractivity contribution in [3.05, 3.63) is 17.5 Å². The van der Waals surface area contributed by atoms with Gasteiger partial charge in [0.25, 0.3) is 0 Å². The van der Waals surface area contributed by atoms with Crippen molar-refractivity contribution in [2.24, 2.45) is 0 Å². The van der Waals surface area contributed by atoms with Gasteiger partial charge in [0.1, 0.15) is 5.56 Å². The fourth-order valence-corrected chi connectivity index (χ4v) is 1.78. The van der Waals surface area contributed by atoms with Gasteiger partial charge in [0, 0.05) is 12.6 Å². The number of nitrogens with one attached hydrogen (secondary N) is 1. The van der Waals surface area contributed by atoms with E-state index in [-0.39, 0.29) is 12.0 Å². The van der Waals surface area contributed by atoms with E-state index in [0.29, 0.717) is 5.56 Å². The Bertz CT molecular complexity index is 359. The van der Waals surface area contributed by atoms with Gasteiger partial charge in [-0.2, -0.15) is 5.10 Å². The minimum absolute atomic E-state index is 0.153. The van der Waals surface area contributed by atoms with Crippen molar-refractivity contribution < 1.29 is 9.53 Å². The predicted octanol–water partition coefficient (Wildman–Crippen LogP) is 0.334. The third-order valence-electron chi connectivity index (χ3n) is 2.47. The molecule has 1 atom stereocenters. The molecule has 2 heterocycles. The second-order valence-corrected chi connectivity index (χ2v) is 3.33. The van der Waals surface area contributed by atoms with Gasteiger partial charge >= 0.3 is 5.97 Å². The molecular weight excluding hydrogens is 182 g/mol. The Morgan fingerprint density at radius 2 is 2.57 bits per heavy atom. The van der Waals surface area contributed by atoms with Crippen LogP contribution in [-0.2, 0) is 11.3 Å². The molecule has 5 nitrogen and oxygen atoms in total. The maximum absolute atomic E-state index is 11.4. The Morgan fingerprint density at radius 3 is 3.29 bits per heavy atom. The highest BCUT2D eigenvalue weighted by atomic mass is 16.5. The van der Waals surface area contributed by atoms with Crippen LogP contribution in [0.15, 0.2) is 6.20 Å². The zero-order chi connectivity index (χ0) is 10.1. The Kier molecular flexibility index (Phi) is 2.25. The third kappa shape index (κ3) is 1.29. The van der Waals surface area contributed by atoms with Gasteiger partial charge in [0.15, 0.2) is 0 Å². The van der Waals surface area contributed by atoms with Gasteiger partial charge in [-0.3, -0.25) is 4.68 Å². The van der Waals surface area contributed by atoms with Gasteiger partial charge in [-0.15, -0.1) is 0 Å². The van der Waals surface area contributed by atoms with E-state index in [9.17, 15) is 4.79 Å². The fraction of sp³-hybridized carbons (Fsp3) is 0.556. The Morgan fingerprint density at radius 1 is 1.79 bits per heavy atom. The van der Waals surface area contributed by atoms with Crippen LogP contribution in [0.4, 0.5) is 0 Å². The molecule has 0 saturated carbocycles. The molecule has 14 heavy (non-hydrogen) atoms. The molecule has 0 saturated heterocycles. The summed E-state index contributed by atoms with van der Waals surface area (Å²) in [5.41, 5.74) is 1.48. The van der Waals surface area contributed by atoms with E-state index in [2.05, 4.69) is 15.2 Å². The number of carbonyl (C=O) groups excluding carboxylic acids is 1. The lowest BCUT2D eigenvalue weighted by molar-refractivity contribution is 0.0598. The van der Waals surface area contributed by atoms with Crippen molar-refractivity contribution in [3.8, 4) is 0 Å². The number of hydrogen-bond donors (Lipinski definition) is 1. The third-order valence-corrected chi connectivity index (χ3v) is 2.47. The first-order valence-electron chi connectivity index (χ1n) is 4.61. The summed E-state index contributed by atoms with van der Waals surface area (Å²) in [5.74, 6) is -0.318. The van der Waals surface area contributed by atoms with Crippen LogP contribution in [0.25, 0.3) is 0 Å². The zero-order valence-corrected chi connectivity index (χ0v) is 8.28. The number of methoxy groups -OCH3 is 1. The van der Waals surface area contributed by atoms with Crippen molar-refractivity contribution in [2.75, 3.05) is 13.7 Å². The lowest BCUT2D eigenvalue weighted by Gasteiger charge is -2.22. The SMILES string of the molecule is COC(=O)c1cnn2c1C(C)NCC2. The van der Waals surface area contributed by atoms with Crippen molar-refractivity contribution >= 4 is 5.97 Å². The van der Waals surface area contributed by atoms with E-state index in [1.165, 1.54) is 7.11 Å². The van der Waals surface area contributed by atoms with E-state index < -0.39 is 0 Å². The van der Waals surface area contributed by atoms with Crippen molar-refractivity contribution in [1.82, 2.24) is 15.1 Å². The van der Waals surface area contributed by atoms with Crippen LogP contribution in [0.1, 0.15) is 29.0 Å². The number of fused-ring (bicyclic) bond motifs is 1. The molecular formula is C9H13N3O2. The summed E-state index contributed by atoms with van der Waals surface area (Å²) < 4.78 is 6.54. The van der Waals surface area contributed by atoms with Crippen LogP contribution in [0.3, 0.4) is 0 Å². The van der Waals surface area contributed by atoms with Gasteiger partial charge < -0.3 is 10.1 Å². The zero-order valence-electron chi connectivity index (χ0n) is 8.28. The van der Waals surface area contributed by atoms with E-state index in [0.717, 1.165) is 18.8 Å². The standard InChI is InChI=1S/C9H13N3O2/c1-6-8-7(9(13)14-2)5-11-12(8)4-3-10-6/h5-6,10H,3-4H2,1-2H3. The average molecular weight is 195 g/mol. The summed E-state index contributed by atoms with van der Waals surface area (Å²) in [6, 6.07) is 0.153. The van der Waals surface area contributed by atoms with E-state index in [1.54, 1.807) is 6.20 Å². The topological polar surface area (TPSA) is 56.1 Å². The number of carbonyl (C=O) groups is 1. The monoisotopic (exact) mass is 195 g/mol. The van der Waals surface area contributed by atoms with Crippen LogP contribution >= 0.6 is 0 Å². The molecule has 1 aromatic rings. The molecule has 1 N–H and O–H groups in total. The molecule has 0 radical (unpaired) electrons. The highest BCUT2D eigenvalue weighted by Crippen LogP contribution is 2.20. The number of rotatable bonds is 1. The molecule has 5 heteroatoms. The van der Waals surface area contributed by atoms with Gasteiger partial charge in [-0.25, -0.2) is 4.79 Å². The van der Waals surface area contributed by atoms with Crippen molar-refractivity contribution in [3.63, 3.8) is 0 Å². The van der Waals surface area contributed by atoms with Crippen molar-refractivity contribution in [1.29, 1.82) is 0 Å². The van der Waals surface area contributed by atoms with Crippen LogP contribution in [0.2, 0.25) is 0 Å². The maximum atomic E-state index is 11.4. The number of ether oxygens (including phenoxy) is 1. The number of hydrogen-bond acceptors (Lipinski definition) is 4. The second-order valence-electron chi connectivity index (χ2n) is 3.33. The number of nitrogens with zero attached hydrogens (tertiary/aromatic N) is 2. The first-order chi connectivity index (χ1) is 6.74. The van der Waals surface area contributed by atoms with Crippen LogP contribution in [0.5, 0.6) is 0 Å². The van der Waals surface area contributed by atoms with Crippen LogP contribution < -0.4 is 5.32 Å². The van der Waals surface area contributed by atoms with Crippen molar-refractivity contribution in [2.45, 2.75) is 19.5 Å². The van der Waals surface area contributed by atoms with E-state index in [1.807, 2.05) is 11.6 Å². The molecule has 0 aromatic carbocycles. The fourth-order valence-electron chi connectivity index (χ4n) is 1.78. The second kappa shape index (κ2) is 3.42. The number of aromatic nitrogens is 2. The van der Waals surface area contributed by atoms with Gasteiger partial charge in [-0.1, -0.05) is 0 Å². The molecule has 0 spiro atoms. The molecule has 0 fully saturated rings. The molecule has 2 rings (SSSR count). The van der Waals surface area contributed by atoms with Gasteiger partial charge in [-0.05, 0) is 6.92 Å². The van der Waals surface area contributed by atoms with Gasteiger partial charge in [0.2, 0.25) is 0 Å². The number of esters is 1.